The van der Waals surface area contributed by atoms with Gasteiger partial charge in [-0.25, -0.2) is 17.9 Å². The maximum atomic E-state index is 12.3. The Hall–Kier alpha value is -2.72. The molecule has 146 valence electrons. The Bertz CT molecular complexity index is 932. The van der Waals surface area contributed by atoms with Gasteiger partial charge in [-0.15, -0.1) is 0 Å². The van der Waals surface area contributed by atoms with E-state index < -0.39 is 21.5 Å². The number of amides is 1. The molecule has 0 fully saturated rings. The molecule has 0 aliphatic rings. The molecule has 0 spiro atoms. The molecule has 1 heterocycles. The lowest BCUT2D eigenvalue weighted by molar-refractivity contribution is -0.146. The van der Waals surface area contributed by atoms with Gasteiger partial charge >= 0.3 is 5.97 Å². The minimum absolute atomic E-state index is 0.000143. The van der Waals surface area contributed by atoms with Crippen molar-refractivity contribution in [3.63, 3.8) is 0 Å². The Morgan fingerprint density at radius 3 is 2.41 bits per heavy atom. The Labute approximate surface area is 157 Å². The van der Waals surface area contributed by atoms with E-state index in [-0.39, 0.29) is 18.2 Å². The van der Waals surface area contributed by atoms with Gasteiger partial charge < -0.3 is 10.4 Å². The van der Waals surface area contributed by atoms with Gasteiger partial charge in [0.1, 0.15) is 0 Å². The summed E-state index contributed by atoms with van der Waals surface area (Å²) in [5.74, 6) is -1.43. The van der Waals surface area contributed by atoms with Crippen molar-refractivity contribution in [1.82, 2.24) is 14.5 Å². The third kappa shape index (κ3) is 5.14. The standard InChI is InChI=1S/C17H22N4O5S/c1-4-27(25,26)19-9-12-5-7-13(8-6-12)15(22)20-14-10-18-21(11-14)17(2,3)16(23)24/h5-8,10-11,19H,4,9H2,1-3H3,(H,20,22)(H,23,24). The number of nitrogens with zero attached hydrogens (tertiary/aromatic N) is 2. The number of carbonyl (C=O) groups is 2. The van der Waals surface area contributed by atoms with Gasteiger partial charge in [0.25, 0.3) is 5.91 Å². The minimum Gasteiger partial charge on any atom is -0.479 e. The van der Waals surface area contributed by atoms with Crippen molar-refractivity contribution in [1.29, 1.82) is 0 Å². The van der Waals surface area contributed by atoms with Crippen LogP contribution < -0.4 is 10.0 Å². The lowest BCUT2D eigenvalue weighted by Crippen LogP contribution is -2.35. The molecule has 0 saturated carbocycles. The van der Waals surface area contributed by atoms with Crippen LogP contribution >= 0.6 is 0 Å². The molecule has 27 heavy (non-hydrogen) atoms. The van der Waals surface area contributed by atoms with E-state index in [1.807, 2.05) is 0 Å². The van der Waals surface area contributed by atoms with Crippen LogP contribution in [0.2, 0.25) is 0 Å². The molecule has 3 N–H and O–H groups in total. The smallest absolute Gasteiger partial charge is 0.331 e. The molecule has 0 aliphatic heterocycles. The number of benzene rings is 1. The van der Waals surface area contributed by atoms with Crippen LogP contribution in [0.4, 0.5) is 5.69 Å². The molecule has 2 rings (SSSR count). The second-order valence-electron chi connectivity index (χ2n) is 6.41. The van der Waals surface area contributed by atoms with Gasteiger partial charge in [-0.3, -0.25) is 9.48 Å². The van der Waals surface area contributed by atoms with E-state index in [2.05, 4.69) is 15.1 Å². The Kier molecular flexibility index (Phi) is 6.01. The Morgan fingerprint density at radius 1 is 1.22 bits per heavy atom. The number of carboxylic acids is 1. The number of carboxylic acid groups (broad SMARTS) is 1. The van der Waals surface area contributed by atoms with Gasteiger partial charge in [-0.1, -0.05) is 12.1 Å². The summed E-state index contributed by atoms with van der Waals surface area (Å²) >= 11 is 0. The van der Waals surface area contributed by atoms with E-state index >= 15 is 0 Å². The van der Waals surface area contributed by atoms with Crippen molar-refractivity contribution in [3.8, 4) is 0 Å². The molecular formula is C17H22N4O5S. The number of carbonyl (C=O) groups excluding carboxylic acids is 1. The predicted molar refractivity (Wildman–Crippen MR) is 99.9 cm³/mol. The normalized spacial score (nSPS) is 12.0. The molecule has 0 radical (unpaired) electrons. The molecule has 9 nitrogen and oxygen atoms in total. The Morgan fingerprint density at radius 2 is 1.85 bits per heavy atom. The van der Waals surface area contributed by atoms with Crippen LogP contribution in [0.1, 0.15) is 36.7 Å². The summed E-state index contributed by atoms with van der Waals surface area (Å²) in [6.45, 7) is 4.70. The highest BCUT2D eigenvalue weighted by Crippen LogP contribution is 2.18. The van der Waals surface area contributed by atoms with E-state index in [4.69, 9.17) is 0 Å². The average molecular weight is 394 g/mol. The SMILES string of the molecule is CCS(=O)(=O)NCc1ccc(C(=O)Nc2cnn(C(C)(C)C(=O)O)c2)cc1. The molecule has 0 unspecified atom stereocenters. The van der Waals surface area contributed by atoms with Crippen molar-refractivity contribution in [2.45, 2.75) is 32.9 Å². The lowest BCUT2D eigenvalue weighted by atomic mass is 10.1. The molecule has 1 aromatic carbocycles. The fourth-order valence-corrected chi connectivity index (χ4v) is 2.65. The van der Waals surface area contributed by atoms with Gasteiger partial charge in [-0.05, 0) is 38.5 Å². The summed E-state index contributed by atoms with van der Waals surface area (Å²) in [6, 6.07) is 6.47. The van der Waals surface area contributed by atoms with Crippen LogP contribution in [0.5, 0.6) is 0 Å². The summed E-state index contributed by atoms with van der Waals surface area (Å²) < 4.78 is 26.6. The van der Waals surface area contributed by atoms with Gasteiger partial charge in [-0.2, -0.15) is 5.10 Å². The minimum atomic E-state index is -3.28. The number of rotatable bonds is 8. The Balaban J connectivity index is 2.03. The molecule has 0 bridgehead atoms. The van der Waals surface area contributed by atoms with Gasteiger partial charge in [0.15, 0.2) is 5.54 Å². The third-order valence-electron chi connectivity index (χ3n) is 4.03. The number of sulfonamides is 1. The first-order valence-electron chi connectivity index (χ1n) is 8.21. The van der Waals surface area contributed by atoms with Crippen molar-refractivity contribution in [2.75, 3.05) is 11.1 Å². The van der Waals surface area contributed by atoms with Crippen molar-refractivity contribution in [2.24, 2.45) is 0 Å². The first-order chi connectivity index (χ1) is 12.5. The van der Waals surface area contributed by atoms with Gasteiger partial charge in [0, 0.05) is 18.3 Å². The highest BCUT2D eigenvalue weighted by atomic mass is 32.2. The quantitative estimate of drug-likeness (QED) is 0.620. The van der Waals surface area contributed by atoms with Crippen LogP contribution in [-0.2, 0) is 26.9 Å². The molecule has 0 aliphatic carbocycles. The predicted octanol–water partition coefficient (Wildman–Crippen LogP) is 1.39. The zero-order valence-corrected chi connectivity index (χ0v) is 16.1. The summed E-state index contributed by atoms with van der Waals surface area (Å²) in [5, 5.41) is 15.8. The average Bonchev–Trinajstić information content (AvgIpc) is 3.09. The van der Waals surface area contributed by atoms with Crippen LogP contribution in [-0.4, -0.2) is 40.9 Å². The second-order valence-corrected chi connectivity index (χ2v) is 8.51. The second kappa shape index (κ2) is 7.89. The number of hydrogen-bond donors (Lipinski definition) is 3. The van der Waals surface area contributed by atoms with Crippen LogP contribution in [0.15, 0.2) is 36.7 Å². The fourth-order valence-electron chi connectivity index (χ4n) is 2.06. The lowest BCUT2D eigenvalue weighted by Gasteiger charge is -2.19. The van der Waals surface area contributed by atoms with E-state index in [1.165, 1.54) is 30.9 Å². The summed E-state index contributed by atoms with van der Waals surface area (Å²) in [4.78, 5) is 23.6. The summed E-state index contributed by atoms with van der Waals surface area (Å²) in [6.07, 6.45) is 2.82. The highest BCUT2D eigenvalue weighted by molar-refractivity contribution is 7.89. The number of aliphatic carboxylic acids is 1. The molecule has 10 heteroatoms. The van der Waals surface area contributed by atoms with Crippen LogP contribution in [0.3, 0.4) is 0 Å². The molecule has 0 atom stereocenters. The monoisotopic (exact) mass is 394 g/mol. The van der Waals surface area contributed by atoms with E-state index in [0.717, 1.165) is 5.56 Å². The van der Waals surface area contributed by atoms with Gasteiger partial charge in [0.05, 0.1) is 17.6 Å². The zero-order chi connectivity index (χ0) is 20.2. The van der Waals surface area contributed by atoms with Crippen molar-refractivity contribution >= 4 is 27.6 Å². The summed E-state index contributed by atoms with van der Waals surface area (Å²) in [5.41, 5.74) is 0.229. The number of aromatic nitrogens is 2. The fraction of sp³-hybridized carbons (Fsp3) is 0.353. The highest BCUT2D eigenvalue weighted by Gasteiger charge is 2.30. The first-order valence-corrected chi connectivity index (χ1v) is 9.86. The topological polar surface area (TPSA) is 130 Å². The maximum absolute atomic E-state index is 12.3. The van der Waals surface area contributed by atoms with Gasteiger partial charge in [0.2, 0.25) is 10.0 Å². The van der Waals surface area contributed by atoms with Crippen molar-refractivity contribution in [3.05, 3.63) is 47.8 Å². The van der Waals surface area contributed by atoms with Crippen molar-refractivity contribution < 1.29 is 23.1 Å². The van der Waals surface area contributed by atoms with Crippen LogP contribution in [0, 0.1) is 0 Å². The number of nitrogens with one attached hydrogen (secondary N) is 2. The molecule has 1 aromatic heterocycles. The number of hydrogen-bond acceptors (Lipinski definition) is 5. The summed E-state index contributed by atoms with van der Waals surface area (Å²) in [7, 11) is -3.28. The van der Waals surface area contributed by atoms with E-state index in [0.29, 0.717) is 11.3 Å². The van der Waals surface area contributed by atoms with Crippen LogP contribution in [0.25, 0.3) is 0 Å². The van der Waals surface area contributed by atoms with E-state index in [9.17, 15) is 23.1 Å². The molecule has 1 amide bonds. The third-order valence-corrected chi connectivity index (χ3v) is 5.37. The molecular weight excluding hydrogens is 372 g/mol. The maximum Gasteiger partial charge on any atom is 0.331 e. The first kappa shape index (κ1) is 20.6. The largest absolute Gasteiger partial charge is 0.479 e. The zero-order valence-electron chi connectivity index (χ0n) is 15.3. The molecule has 0 saturated heterocycles. The number of anilines is 1. The van der Waals surface area contributed by atoms with E-state index in [1.54, 1.807) is 31.2 Å². The molecule has 2 aromatic rings.